The first-order chi connectivity index (χ1) is 10.1. The number of hydrogen-bond acceptors (Lipinski definition) is 2. The summed E-state index contributed by atoms with van der Waals surface area (Å²) in [7, 11) is 0. The summed E-state index contributed by atoms with van der Waals surface area (Å²) in [6, 6.07) is 8.08. The number of halogens is 1. The van der Waals surface area contributed by atoms with Gasteiger partial charge in [-0.15, -0.1) is 10.2 Å². The molecule has 0 N–H and O–H groups in total. The molecule has 0 atom stereocenters. The molecule has 0 bridgehead atoms. The van der Waals surface area contributed by atoms with Gasteiger partial charge in [0, 0.05) is 23.4 Å². The summed E-state index contributed by atoms with van der Waals surface area (Å²) in [5.74, 6) is 2.22. The molecule has 3 rings (SSSR count). The molecule has 0 fully saturated rings. The third-order valence-corrected chi connectivity index (χ3v) is 4.74. The highest BCUT2D eigenvalue weighted by Gasteiger charge is 2.30. The number of aromatic nitrogens is 3. The van der Waals surface area contributed by atoms with E-state index in [1.807, 2.05) is 12.1 Å². The molecular formula is C17H22ClN3. The van der Waals surface area contributed by atoms with Crippen molar-refractivity contribution in [3.05, 3.63) is 46.5 Å². The lowest BCUT2D eigenvalue weighted by molar-refractivity contribution is 0.471. The number of aryl methyl sites for hydroxylation is 1. The van der Waals surface area contributed by atoms with Crippen molar-refractivity contribution in [2.75, 3.05) is 0 Å². The topological polar surface area (TPSA) is 30.7 Å². The molecule has 0 aliphatic carbocycles. The number of fused-ring (bicyclic) bond motifs is 1. The average molecular weight is 304 g/mol. The standard InChI is InChI=1S/C17H22ClN3/c1-17(2,13-8-10-14(18)11-9-13)16-20-19-15-7-5-3-4-6-12-21(15)16/h8-11H,3-7,12H2,1-2H3. The molecule has 2 aromatic rings. The fourth-order valence-electron chi connectivity index (χ4n) is 3.12. The quantitative estimate of drug-likeness (QED) is 0.824. The van der Waals surface area contributed by atoms with Crippen LogP contribution in [0.3, 0.4) is 0 Å². The van der Waals surface area contributed by atoms with Gasteiger partial charge in [0.05, 0.1) is 0 Å². The number of hydrogen-bond donors (Lipinski definition) is 0. The maximum Gasteiger partial charge on any atom is 0.143 e. The zero-order valence-corrected chi connectivity index (χ0v) is 13.5. The van der Waals surface area contributed by atoms with E-state index in [9.17, 15) is 0 Å². The van der Waals surface area contributed by atoms with Crippen molar-refractivity contribution in [1.82, 2.24) is 14.8 Å². The van der Waals surface area contributed by atoms with Crippen LogP contribution in [0.2, 0.25) is 5.02 Å². The lowest BCUT2D eigenvalue weighted by atomic mass is 9.83. The minimum Gasteiger partial charge on any atom is -0.314 e. The van der Waals surface area contributed by atoms with Gasteiger partial charge in [0.1, 0.15) is 11.6 Å². The van der Waals surface area contributed by atoms with Crippen LogP contribution in [0, 0.1) is 0 Å². The molecule has 1 aliphatic rings. The van der Waals surface area contributed by atoms with Crippen molar-refractivity contribution in [2.45, 2.75) is 57.9 Å². The van der Waals surface area contributed by atoms with Gasteiger partial charge < -0.3 is 4.57 Å². The van der Waals surface area contributed by atoms with Gasteiger partial charge in [0.2, 0.25) is 0 Å². The second-order valence-corrected chi connectivity index (χ2v) is 6.82. The zero-order valence-electron chi connectivity index (χ0n) is 12.8. The van der Waals surface area contributed by atoms with Crippen LogP contribution in [0.5, 0.6) is 0 Å². The Morgan fingerprint density at radius 2 is 1.71 bits per heavy atom. The number of nitrogens with zero attached hydrogens (tertiary/aromatic N) is 3. The minimum absolute atomic E-state index is 0.158. The molecule has 0 radical (unpaired) electrons. The summed E-state index contributed by atoms with van der Waals surface area (Å²) in [6.45, 7) is 5.47. The van der Waals surface area contributed by atoms with E-state index in [1.54, 1.807) is 0 Å². The lowest BCUT2D eigenvalue weighted by Crippen LogP contribution is -2.25. The van der Waals surface area contributed by atoms with Crippen LogP contribution in [0.1, 0.15) is 56.7 Å². The van der Waals surface area contributed by atoms with Crippen molar-refractivity contribution in [2.24, 2.45) is 0 Å². The van der Waals surface area contributed by atoms with E-state index in [0.29, 0.717) is 0 Å². The van der Waals surface area contributed by atoms with Crippen LogP contribution >= 0.6 is 11.6 Å². The highest BCUT2D eigenvalue weighted by molar-refractivity contribution is 6.30. The lowest BCUT2D eigenvalue weighted by Gasteiger charge is -2.26. The molecular weight excluding hydrogens is 282 g/mol. The molecule has 1 aromatic heterocycles. The van der Waals surface area contributed by atoms with Crippen LogP contribution < -0.4 is 0 Å². The van der Waals surface area contributed by atoms with Gasteiger partial charge in [0.15, 0.2) is 0 Å². The molecule has 0 unspecified atom stereocenters. The summed E-state index contributed by atoms with van der Waals surface area (Å²) in [5.41, 5.74) is 1.07. The fraction of sp³-hybridized carbons (Fsp3) is 0.529. The second-order valence-electron chi connectivity index (χ2n) is 6.39. The Kier molecular flexibility index (Phi) is 4.03. The Balaban J connectivity index is 2.00. The van der Waals surface area contributed by atoms with E-state index < -0.39 is 0 Å². The van der Waals surface area contributed by atoms with Gasteiger partial charge in [0.25, 0.3) is 0 Å². The Hall–Kier alpha value is -1.35. The molecule has 1 aliphatic heterocycles. The van der Waals surface area contributed by atoms with Crippen LogP contribution in [0.25, 0.3) is 0 Å². The Bertz CT molecular complexity index is 613. The van der Waals surface area contributed by atoms with Gasteiger partial charge in [-0.3, -0.25) is 0 Å². The predicted molar refractivity (Wildman–Crippen MR) is 85.8 cm³/mol. The summed E-state index contributed by atoms with van der Waals surface area (Å²) >= 11 is 6.01. The van der Waals surface area contributed by atoms with Crippen molar-refractivity contribution < 1.29 is 0 Å². The third kappa shape index (κ3) is 2.84. The molecule has 0 saturated heterocycles. The van der Waals surface area contributed by atoms with Gasteiger partial charge >= 0.3 is 0 Å². The van der Waals surface area contributed by atoms with Gasteiger partial charge in [-0.05, 0) is 44.4 Å². The van der Waals surface area contributed by atoms with E-state index in [0.717, 1.165) is 29.6 Å². The summed E-state index contributed by atoms with van der Waals surface area (Å²) in [4.78, 5) is 0. The highest BCUT2D eigenvalue weighted by atomic mass is 35.5. The number of rotatable bonds is 2. The smallest absolute Gasteiger partial charge is 0.143 e. The first-order valence-corrected chi connectivity index (χ1v) is 8.15. The monoisotopic (exact) mass is 303 g/mol. The maximum absolute atomic E-state index is 6.01. The van der Waals surface area contributed by atoms with E-state index >= 15 is 0 Å². The van der Waals surface area contributed by atoms with Gasteiger partial charge in [-0.2, -0.15) is 0 Å². The Morgan fingerprint density at radius 3 is 2.48 bits per heavy atom. The van der Waals surface area contributed by atoms with Crippen LogP contribution in [0.15, 0.2) is 24.3 Å². The molecule has 0 saturated carbocycles. The number of benzene rings is 1. The Labute approximate surface area is 131 Å². The predicted octanol–water partition coefficient (Wildman–Crippen LogP) is 4.37. The molecule has 112 valence electrons. The summed E-state index contributed by atoms with van der Waals surface area (Å²) in [6.07, 6.45) is 6.10. The second kappa shape index (κ2) is 5.80. The first kappa shape index (κ1) is 14.6. The molecule has 4 heteroatoms. The van der Waals surface area contributed by atoms with Crippen LogP contribution in [-0.2, 0) is 18.4 Å². The van der Waals surface area contributed by atoms with Crippen molar-refractivity contribution in [3.8, 4) is 0 Å². The van der Waals surface area contributed by atoms with Gasteiger partial charge in [-0.25, -0.2) is 0 Å². The third-order valence-electron chi connectivity index (χ3n) is 4.48. The summed E-state index contributed by atoms with van der Waals surface area (Å²) < 4.78 is 2.34. The molecule has 2 heterocycles. The molecule has 0 spiro atoms. The van der Waals surface area contributed by atoms with Crippen molar-refractivity contribution in [3.63, 3.8) is 0 Å². The van der Waals surface area contributed by atoms with Crippen LogP contribution in [0.4, 0.5) is 0 Å². The summed E-state index contributed by atoms with van der Waals surface area (Å²) in [5, 5.41) is 9.76. The van der Waals surface area contributed by atoms with E-state index in [4.69, 9.17) is 11.6 Å². The molecule has 21 heavy (non-hydrogen) atoms. The van der Waals surface area contributed by atoms with E-state index in [1.165, 1.54) is 31.2 Å². The SMILES string of the molecule is CC(C)(c1ccc(Cl)cc1)c1nnc2n1CCCCCC2. The largest absolute Gasteiger partial charge is 0.314 e. The minimum atomic E-state index is -0.158. The molecule has 3 nitrogen and oxygen atoms in total. The van der Waals surface area contributed by atoms with Crippen molar-refractivity contribution in [1.29, 1.82) is 0 Å². The Morgan fingerprint density at radius 1 is 1.00 bits per heavy atom. The maximum atomic E-state index is 6.01. The molecule has 0 amide bonds. The first-order valence-electron chi connectivity index (χ1n) is 7.77. The van der Waals surface area contributed by atoms with Crippen LogP contribution in [-0.4, -0.2) is 14.8 Å². The van der Waals surface area contributed by atoms with Crippen molar-refractivity contribution >= 4 is 11.6 Å². The fourth-order valence-corrected chi connectivity index (χ4v) is 3.25. The zero-order chi connectivity index (χ0) is 14.9. The average Bonchev–Trinajstić information content (AvgIpc) is 2.82. The van der Waals surface area contributed by atoms with Gasteiger partial charge in [-0.1, -0.05) is 36.6 Å². The van der Waals surface area contributed by atoms with E-state index in [2.05, 4.69) is 40.7 Å². The normalized spacial score (nSPS) is 16.1. The molecule has 1 aromatic carbocycles. The van der Waals surface area contributed by atoms with E-state index in [-0.39, 0.29) is 5.41 Å². The highest BCUT2D eigenvalue weighted by Crippen LogP contribution is 2.32.